The first-order valence-electron chi connectivity index (χ1n) is 5.68. The van der Waals surface area contributed by atoms with Crippen molar-refractivity contribution in [3.63, 3.8) is 0 Å². The summed E-state index contributed by atoms with van der Waals surface area (Å²) in [6, 6.07) is 8.12. The monoisotopic (exact) mass is 232 g/mol. The zero-order valence-corrected chi connectivity index (χ0v) is 10.1. The zero-order chi connectivity index (χ0) is 12.3. The minimum atomic E-state index is -0.275. The van der Waals surface area contributed by atoms with Crippen molar-refractivity contribution >= 4 is 5.97 Å². The van der Waals surface area contributed by atoms with Crippen molar-refractivity contribution in [2.45, 2.75) is 19.3 Å². The lowest BCUT2D eigenvalue weighted by Gasteiger charge is -2.01. The largest absolute Gasteiger partial charge is 0.497 e. The van der Waals surface area contributed by atoms with Gasteiger partial charge in [0.1, 0.15) is 5.75 Å². The number of hydrogen-bond acceptors (Lipinski definition) is 3. The summed E-state index contributed by atoms with van der Waals surface area (Å²) in [6.07, 6.45) is 4.57. The Bertz CT molecular complexity index is 420. The predicted octanol–water partition coefficient (Wildman–Crippen LogP) is 2.88. The van der Waals surface area contributed by atoms with Crippen LogP contribution >= 0.6 is 0 Å². The van der Waals surface area contributed by atoms with Crippen molar-refractivity contribution in [1.29, 1.82) is 0 Å². The van der Waals surface area contributed by atoms with Gasteiger partial charge in [-0.25, -0.2) is 0 Å². The van der Waals surface area contributed by atoms with Crippen LogP contribution in [0.2, 0.25) is 0 Å². The van der Waals surface area contributed by atoms with Crippen LogP contribution in [0.3, 0.4) is 0 Å². The van der Waals surface area contributed by atoms with Gasteiger partial charge in [-0.3, -0.25) is 4.79 Å². The molecule has 0 saturated heterocycles. The number of carbonyl (C=O) groups is 1. The third-order valence-electron chi connectivity index (χ3n) is 2.94. The fourth-order valence-electron chi connectivity index (χ4n) is 1.90. The molecule has 1 aliphatic carbocycles. The molecule has 0 heterocycles. The van der Waals surface area contributed by atoms with Crippen LogP contribution in [0, 0.1) is 5.92 Å². The molecule has 0 bridgehead atoms. The number of rotatable bonds is 4. The van der Waals surface area contributed by atoms with Crippen molar-refractivity contribution < 1.29 is 14.3 Å². The molecule has 0 aliphatic heterocycles. The molecule has 0 spiro atoms. The Balaban J connectivity index is 1.89. The molecule has 0 amide bonds. The maximum Gasteiger partial charge on any atom is 0.307 e. The van der Waals surface area contributed by atoms with Crippen LogP contribution in [-0.2, 0) is 9.53 Å². The summed E-state index contributed by atoms with van der Waals surface area (Å²) in [6.45, 7) is 1.40. The third kappa shape index (κ3) is 3.09. The summed E-state index contributed by atoms with van der Waals surface area (Å²) in [5.74, 6) is 1.64. The molecule has 0 N–H and O–H groups in total. The van der Waals surface area contributed by atoms with Crippen molar-refractivity contribution in [2.24, 2.45) is 5.92 Å². The van der Waals surface area contributed by atoms with Gasteiger partial charge >= 0.3 is 5.97 Å². The number of hydrogen-bond donors (Lipinski definition) is 0. The van der Waals surface area contributed by atoms with Crippen molar-refractivity contribution in [3.05, 3.63) is 42.2 Å². The van der Waals surface area contributed by atoms with E-state index < -0.39 is 0 Å². The van der Waals surface area contributed by atoms with Crippen LogP contribution in [0.4, 0.5) is 0 Å². The van der Waals surface area contributed by atoms with Gasteiger partial charge in [-0.1, -0.05) is 12.1 Å². The molecule has 17 heavy (non-hydrogen) atoms. The standard InChI is InChI=1S/C14H16O3/c1-10(15)17-8-7-12-9-14(12)11-3-5-13(16-2)6-4-11/h3-8,12,14H,9H2,1-2H3/b8-7-/t12-,14-/m0/s1. The summed E-state index contributed by atoms with van der Waals surface area (Å²) >= 11 is 0. The number of methoxy groups -OCH3 is 1. The highest BCUT2D eigenvalue weighted by atomic mass is 16.5. The second-order valence-electron chi connectivity index (χ2n) is 4.22. The van der Waals surface area contributed by atoms with Gasteiger partial charge in [0, 0.05) is 6.92 Å². The van der Waals surface area contributed by atoms with Crippen LogP contribution in [0.1, 0.15) is 24.8 Å². The maximum atomic E-state index is 10.6. The van der Waals surface area contributed by atoms with Crippen molar-refractivity contribution in [1.82, 2.24) is 0 Å². The maximum absolute atomic E-state index is 10.6. The van der Waals surface area contributed by atoms with Crippen molar-refractivity contribution in [3.8, 4) is 5.75 Å². The number of carbonyl (C=O) groups excluding carboxylic acids is 1. The zero-order valence-electron chi connectivity index (χ0n) is 10.1. The van der Waals surface area contributed by atoms with Crippen LogP contribution in [0.5, 0.6) is 5.75 Å². The van der Waals surface area contributed by atoms with Gasteiger partial charge in [0.15, 0.2) is 0 Å². The van der Waals surface area contributed by atoms with Crippen LogP contribution in [-0.4, -0.2) is 13.1 Å². The van der Waals surface area contributed by atoms with Gasteiger partial charge < -0.3 is 9.47 Å². The average Bonchev–Trinajstić information content (AvgIpc) is 3.08. The van der Waals surface area contributed by atoms with Crippen molar-refractivity contribution in [2.75, 3.05) is 7.11 Å². The summed E-state index contributed by atoms with van der Waals surface area (Å²) in [5, 5.41) is 0. The van der Waals surface area contributed by atoms with E-state index in [2.05, 4.69) is 12.1 Å². The van der Waals surface area contributed by atoms with E-state index in [1.54, 1.807) is 7.11 Å². The topological polar surface area (TPSA) is 35.5 Å². The Kier molecular flexibility index (Phi) is 3.47. The fraction of sp³-hybridized carbons (Fsp3) is 0.357. The van der Waals surface area contributed by atoms with Gasteiger partial charge in [0.05, 0.1) is 13.4 Å². The number of benzene rings is 1. The highest BCUT2D eigenvalue weighted by Gasteiger charge is 2.36. The van der Waals surface area contributed by atoms with Gasteiger partial charge in [-0.15, -0.1) is 0 Å². The normalized spacial score (nSPS) is 22.5. The molecule has 0 aromatic heterocycles. The Morgan fingerprint density at radius 2 is 2.06 bits per heavy atom. The van der Waals surface area contributed by atoms with Crippen LogP contribution in [0.25, 0.3) is 0 Å². The van der Waals surface area contributed by atoms with E-state index in [1.807, 2.05) is 18.2 Å². The molecular formula is C14H16O3. The Labute approximate surface area is 101 Å². The molecule has 1 aromatic rings. The molecule has 3 nitrogen and oxygen atoms in total. The molecule has 90 valence electrons. The van der Waals surface area contributed by atoms with Gasteiger partial charge in [-0.2, -0.15) is 0 Å². The van der Waals surface area contributed by atoms with E-state index in [9.17, 15) is 4.79 Å². The summed E-state index contributed by atoms with van der Waals surface area (Å²) in [4.78, 5) is 10.6. The first-order chi connectivity index (χ1) is 8.20. The molecule has 2 rings (SSSR count). The van der Waals surface area contributed by atoms with E-state index in [4.69, 9.17) is 9.47 Å². The first-order valence-corrected chi connectivity index (χ1v) is 5.68. The van der Waals surface area contributed by atoms with E-state index in [0.29, 0.717) is 11.8 Å². The highest BCUT2D eigenvalue weighted by Crippen LogP contribution is 2.48. The minimum Gasteiger partial charge on any atom is -0.497 e. The quantitative estimate of drug-likeness (QED) is 0.591. The van der Waals surface area contributed by atoms with Gasteiger partial charge in [-0.05, 0) is 42.0 Å². The summed E-state index contributed by atoms with van der Waals surface area (Å²) < 4.78 is 9.89. The SMILES string of the molecule is COc1ccc([C@@H]2C[C@@H]2/C=C\OC(C)=O)cc1. The lowest BCUT2D eigenvalue weighted by molar-refractivity contribution is -0.135. The smallest absolute Gasteiger partial charge is 0.307 e. The summed E-state index contributed by atoms with van der Waals surface area (Å²) in [7, 11) is 1.66. The molecule has 1 aliphatic rings. The van der Waals surface area contributed by atoms with Crippen LogP contribution < -0.4 is 4.74 Å². The molecule has 2 atom stereocenters. The first kappa shape index (κ1) is 11.7. The molecule has 0 unspecified atom stereocenters. The Morgan fingerprint density at radius 3 is 2.65 bits per heavy atom. The third-order valence-corrected chi connectivity index (χ3v) is 2.94. The van der Waals surface area contributed by atoms with Crippen LogP contribution in [0.15, 0.2) is 36.6 Å². The molecule has 0 radical (unpaired) electrons. The molecule has 1 saturated carbocycles. The Hall–Kier alpha value is -1.77. The molecule has 1 aromatic carbocycles. The predicted molar refractivity (Wildman–Crippen MR) is 64.7 cm³/mol. The van der Waals surface area contributed by atoms with E-state index in [1.165, 1.54) is 18.7 Å². The number of esters is 1. The lowest BCUT2D eigenvalue weighted by atomic mass is 10.1. The molecule has 3 heteroatoms. The van der Waals surface area contributed by atoms with E-state index in [0.717, 1.165) is 12.2 Å². The second-order valence-corrected chi connectivity index (χ2v) is 4.22. The fourth-order valence-corrected chi connectivity index (χ4v) is 1.90. The van der Waals surface area contributed by atoms with E-state index in [-0.39, 0.29) is 5.97 Å². The summed E-state index contributed by atoms with van der Waals surface area (Å²) in [5.41, 5.74) is 1.31. The lowest BCUT2D eigenvalue weighted by Crippen LogP contribution is -1.90. The number of allylic oxidation sites excluding steroid dienone is 1. The van der Waals surface area contributed by atoms with Gasteiger partial charge in [0.25, 0.3) is 0 Å². The second kappa shape index (κ2) is 5.04. The van der Waals surface area contributed by atoms with E-state index >= 15 is 0 Å². The highest BCUT2D eigenvalue weighted by molar-refractivity contribution is 5.66. The minimum absolute atomic E-state index is 0.275. The average molecular weight is 232 g/mol. The molecule has 1 fully saturated rings. The Morgan fingerprint density at radius 1 is 1.35 bits per heavy atom. The molecular weight excluding hydrogens is 216 g/mol. The van der Waals surface area contributed by atoms with Gasteiger partial charge in [0.2, 0.25) is 0 Å². The number of ether oxygens (including phenoxy) is 2.